The second-order valence-electron chi connectivity index (χ2n) is 5.28. The van der Waals surface area contributed by atoms with Gasteiger partial charge in [-0.3, -0.25) is 5.10 Å². The molecule has 1 saturated heterocycles. The molecule has 0 bridgehead atoms. The van der Waals surface area contributed by atoms with E-state index in [1.54, 1.807) is 0 Å². The van der Waals surface area contributed by atoms with Crippen LogP contribution >= 0.6 is 0 Å². The van der Waals surface area contributed by atoms with Gasteiger partial charge in [0.25, 0.3) is 0 Å². The second-order valence-corrected chi connectivity index (χ2v) is 5.28. The van der Waals surface area contributed by atoms with Crippen molar-refractivity contribution in [3.05, 3.63) is 6.20 Å². The maximum absolute atomic E-state index is 4.63. The van der Waals surface area contributed by atoms with Crippen molar-refractivity contribution in [3.63, 3.8) is 0 Å². The summed E-state index contributed by atoms with van der Waals surface area (Å²) < 4.78 is 0. The molecule has 0 saturated carbocycles. The number of anilines is 2. The molecule has 1 unspecified atom stereocenters. The van der Waals surface area contributed by atoms with Gasteiger partial charge in [-0.15, -0.1) is 0 Å². The summed E-state index contributed by atoms with van der Waals surface area (Å²) in [5.41, 5.74) is 0.798. The third-order valence-electron chi connectivity index (χ3n) is 3.83. The van der Waals surface area contributed by atoms with Gasteiger partial charge in [0.1, 0.15) is 5.82 Å². The lowest BCUT2D eigenvalue weighted by Crippen LogP contribution is -2.25. The third kappa shape index (κ3) is 2.34. The van der Waals surface area contributed by atoms with Crippen molar-refractivity contribution in [3.8, 4) is 0 Å². The van der Waals surface area contributed by atoms with E-state index in [1.807, 2.05) is 13.2 Å². The Morgan fingerprint density at radius 2 is 2.21 bits per heavy atom. The van der Waals surface area contributed by atoms with Crippen LogP contribution < -0.4 is 10.2 Å². The van der Waals surface area contributed by atoms with Crippen LogP contribution in [0.3, 0.4) is 0 Å². The highest BCUT2D eigenvalue weighted by Gasteiger charge is 2.19. The Hall–Kier alpha value is -1.85. The van der Waals surface area contributed by atoms with E-state index in [0.29, 0.717) is 5.95 Å². The minimum atomic E-state index is 0.643. The first-order valence-corrected chi connectivity index (χ1v) is 6.91. The van der Waals surface area contributed by atoms with Gasteiger partial charge in [0.2, 0.25) is 5.95 Å². The summed E-state index contributed by atoms with van der Waals surface area (Å²) in [6.07, 6.45) is 5.56. The van der Waals surface area contributed by atoms with Crippen LogP contribution in [-0.2, 0) is 0 Å². The minimum Gasteiger partial charge on any atom is -0.357 e. The van der Waals surface area contributed by atoms with E-state index in [9.17, 15) is 0 Å². The van der Waals surface area contributed by atoms with Gasteiger partial charge < -0.3 is 10.2 Å². The zero-order valence-electron chi connectivity index (χ0n) is 11.5. The molecule has 0 radical (unpaired) electrons. The first kappa shape index (κ1) is 12.2. The number of aromatic nitrogens is 4. The average molecular weight is 260 g/mol. The lowest BCUT2D eigenvalue weighted by atomic mass is 10.0. The predicted molar refractivity (Wildman–Crippen MR) is 76.5 cm³/mol. The van der Waals surface area contributed by atoms with Gasteiger partial charge in [-0.25, -0.2) is 0 Å². The standard InChI is InChI=1S/C13H20N6/c1-9-4-3-6-19(7-5-9)12-10-8-15-18-11(10)16-13(14-2)17-12/h8-9H,3-7H2,1-2H3,(H2,14,15,16,17,18). The summed E-state index contributed by atoms with van der Waals surface area (Å²) in [6.45, 7) is 4.45. The van der Waals surface area contributed by atoms with E-state index in [2.05, 4.69) is 37.3 Å². The van der Waals surface area contributed by atoms with Crippen LogP contribution in [-0.4, -0.2) is 40.3 Å². The summed E-state index contributed by atoms with van der Waals surface area (Å²) in [5, 5.41) is 11.0. The Balaban J connectivity index is 2.00. The number of fused-ring (bicyclic) bond motifs is 1. The van der Waals surface area contributed by atoms with Crippen LogP contribution in [0.5, 0.6) is 0 Å². The molecule has 0 aliphatic carbocycles. The molecule has 2 aromatic rings. The van der Waals surface area contributed by atoms with Gasteiger partial charge in [-0.2, -0.15) is 15.1 Å². The maximum Gasteiger partial charge on any atom is 0.226 e. The third-order valence-corrected chi connectivity index (χ3v) is 3.83. The maximum atomic E-state index is 4.63. The van der Waals surface area contributed by atoms with E-state index in [0.717, 1.165) is 35.9 Å². The topological polar surface area (TPSA) is 69.7 Å². The van der Waals surface area contributed by atoms with E-state index >= 15 is 0 Å². The van der Waals surface area contributed by atoms with Crippen molar-refractivity contribution < 1.29 is 0 Å². The molecule has 19 heavy (non-hydrogen) atoms. The Bertz CT molecular complexity index is 563. The minimum absolute atomic E-state index is 0.643. The van der Waals surface area contributed by atoms with Crippen LogP contribution in [0.25, 0.3) is 11.0 Å². The van der Waals surface area contributed by atoms with Gasteiger partial charge in [-0.1, -0.05) is 6.92 Å². The highest BCUT2D eigenvalue weighted by atomic mass is 15.3. The van der Waals surface area contributed by atoms with Crippen LogP contribution in [0.2, 0.25) is 0 Å². The number of nitrogens with one attached hydrogen (secondary N) is 2. The summed E-state index contributed by atoms with van der Waals surface area (Å²) in [4.78, 5) is 11.4. The van der Waals surface area contributed by atoms with Crippen LogP contribution in [0, 0.1) is 5.92 Å². The van der Waals surface area contributed by atoms with Crippen molar-refractivity contribution in [2.24, 2.45) is 5.92 Å². The Morgan fingerprint density at radius 1 is 1.32 bits per heavy atom. The number of hydrogen-bond donors (Lipinski definition) is 2. The highest BCUT2D eigenvalue weighted by Crippen LogP contribution is 2.27. The van der Waals surface area contributed by atoms with E-state index in [1.165, 1.54) is 19.3 Å². The van der Waals surface area contributed by atoms with Gasteiger partial charge >= 0.3 is 0 Å². The fourth-order valence-corrected chi connectivity index (χ4v) is 2.65. The molecule has 2 N–H and O–H groups in total. The molecular formula is C13H20N6. The predicted octanol–water partition coefficient (Wildman–Crippen LogP) is 2.02. The number of H-pyrrole nitrogens is 1. The second kappa shape index (κ2) is 5.03. The molecule has 0 aromatic carbocycles. The number of rotatable bonds is 2. The van der Waals surface area contributed by atoms with Crippen molar-refractivity contribution in [2.75, 3.05) is 30.4 Å². The lowest BCUT2D eigenvalue weighted by molar-refractivity contribution is 0.521. The average Bonchev–Trinajstić information content (AvgIpc) is 2.79. The summed E-state index contributed by atoms with van der Waals surface area (Å²) in [5.74, 6) is 2.44. The molecule has 102 valence electrons. The zero-order chi connectivity index (χ0) is 13.2. The van der Waals surface area contributed by atoms with E-state index < -0.39 is 0 Å². The molecule has 2 aromatic heterocycles. The van der Waals surface area contributed by atoms with Gasteiger partial charge in [0, 0.05) is 20.1 Å². The van der Waals surface area contributed by atoms with Crippen molar-refractivity contribution in [1.82, 2.24) is 20.2 Å². The molecule has 1 aliphatic rings. The number of nitrogens with zero attached hydrogens (tertiary/aromatic N) is 4. The van der Waals surface area contributed by atoms with Gasteiger partial charge in [0.15, 0.2) is 5.65 Å². The molecule has 0 spiro atoms. The SMILES string of the molecule is CNc1nc(N2CCCC(C)CC2)c2cn[nH]c2n1. The summed E-state index contributed by atoms with van der Waals surface area (Å²) >= 11 is 0. The highest BCUT2D eigenvalue weighted by molar-refractivity contribution is 5.87. The number of hydrogen-bond acceptors (Lipinski definition) is 5. The quantitative estimate of drug-likeness (QED) is 0.864. The largest absolute Gasteiger partial charge is 0.357 e. The Kier molecular flexibility index (Phi) is 3.23. The van der Waals surface area contributed by atoms with Gasteiger partial charge in [0.05, 0.1) is 11.6 Å². The van der Waals surface area contributed by atoms with E-state index in [-0.39, 0.29) is 0 Å². The molecule has 1 fully saturated rings. The van der Waals surface area contributed by atoms with E-state index in [4.69, 9.17) is 0 Å². The molecule has 3 heterocycles. The monoisotopic (exact) mass is 260 g/mol. The summed E-state index contributed by atoms with van der Waals surface area (Å²) in [6, 6.07) is 0. The molecule has 0 amide bonds. The van der Waals surface area contributed by atoms with Crippen molar-refractivity contribution >= 4 is 22.8 Å². The first-order valence-electron chi connectivity index (χ1n) is 6.91. The normalized spacial score (nSPS) is 20.5. The zero-order valence-corrected chi connectivity index (χ0v) is 11.5. The molecule has 1 aliphatic heterocycles. The molecule has 3 rings (SSSR count). The first-order chi connectivity index (χ1) is 9.28. The van der Waals surface area contributed by atoms with Crippen LogP contribution in [0.4, 0.5) is 11.8 Å². The summed E-state index contributed by atoms with van der Waals surface area (Å²) in [7, 11) is 1.84. The van der Waals surface area contributed by atoms with Gasteiger partial charge in [-0.05, 0) is 25.2 Å². The fraction of sp³-hybridized carbons (Fsp3) is 0.615. The van der Waals surface area contributed by atoms with Crippen molar-refractivity contribution in [2.45, 2.75) is 26.2 Å². The fourth-order valence-electron chi connectivity index (χ4n) is 2.65. The molecule has 6 heteroatoms. The smallest absolute Gasteiger partial charge is 0.226 e. The molecule has 6 nitrogen and oxygen atoms in total. The lowest BCUT2D eigenvalue weighted by Gasteiger charge is -2.22. The van der Waals surface area contributed by atoms with Crippen molar-refractivity contribution in [1.29, 1.82) is 0 Å². The molecule has 1 atom stereocenters. The van der Waals surface area contributed by atoms with Crippen LogP contribution in [0.15, 0.2) is 6.20 Å². The molecular weight excluding hydrogens is 240 g/mol. The number of aromatic amines is 1. The Labute approximate surface area is 112 Å². The van der Waals surface area contributed by atoms with Crippen LogP contribution in [0.1, 0.15) is 26.2 Å². The Morgan fingerprint density at radius 3 is 3.05 bits per heavy atom.